The minimum atomic E-state index is 1.01. The van der Waals surface area contributed by atoms with Crippen molar-refractivity contribution in [2.24, 2.45) is 0 Å². The Morgan fingerprint density at radius 2 is 0.974 bits per heavy atom. The Bertz CT molecular complexity index is 2100. The number of hydrogen-bond acceptors (Lipinski definition) is 2. The van der Waals surface area contributed by atoms with Gasteiger partial charge in [-0.3, -0.25) is 4.98 Å². The average molecular weight is 514 g/mol. The van der Waals surface area contributed by atoms with Gasteiger partial charge in [-0.2, -0.15) is 0 Å². The first-order valence-corrected chi connectivity index (χ1v) is 14.0. The van der Waals surface area contributed by atoms with Gasteiger partial charge in [0.15, 0.2) is 0 Å². The normalized spacial score (nSPS) is 11.6. The highest BCUT2D eigenvalue weighted by molar-refractivity contribution is 7.26. The van der Waals surface area contributed by atoms with Crippen LogP contribution in [0.5, 0.6) is 0 Å². The lowest BCUT2D eigenvalue weighted by Crippen LogP contribution is -1.91. The number of rotatable bonds is 3. The molecule has 0 bridgehead atoms. The second-order valence-electron chi connectivity index (χ2n) is 9.92. The zero-order valence-corrected chi connectivity index (χ0v) is 22.0. The third-order valence-electron chi connectivity index (χ3n) is 7.73. The van der Waals surface area contributed by atoms with Crippen molar-refractivity contribution in [3.63, 3.8) is 0 Å². The maximum absolute atomic E-state index is 5.05. The summed E-state index contributed by atoms with van der Waals surface area (Å²) in [7, 11) is 0. The first-order valence-electron chi connectivity index (χ1n) is 13.2. The monoisotopic (exact) mass is 513 g/mol. The molecule has 8 aromatic rings. The molecule has 8 rings (SSSR count). The molecule has 0 spiro atoms. The summed E-state index contributed by atoms with van der Waals surface area (Å²) in [5.74, 6) is 0. The zero-order valence-electron chi connectivity index (χ0n) is 21.1. The van der Waals surface area contributed by atoms with Crippen LogP contribution in [0, 0.1) is 0 Å². The zero-order chi connectivity index (χ0) is 25.8. The summed E-state index contributed by atoms with van der Waals surface area (Å²) in [5.41, 5.74) is 7.09. The number of pyridine rings is 1. The van der Waals surface area contributed by atoms with Crippen molar-refractivity contribution in [3.05, 3.63) is 140 Å². The lowest BCUT2D eigenvalue weighted by atomic mass is 9.86. The third kappa shape index (κ3) is 3.49. The summed E-state index contributed by atoms with van der Waals surface area (Å²) in [6, 6.07) is 47.9. The predicted molar refractivity (Wildman–Crippen MR) is 168 cm³/mol. The highest BCUT2D eigenvalue weighted by atomic mass is 32.1. The number of fused-ring (bicyclic) bond motifs is 5. The Morgan fingerprint density at radius 1 is 0.410 bits per heavy atom. The van der Waals surface area contributed by atoms with Crippen molar-refractivity contribution in [2.75, 3.05) is 0 Å². The Balaban J connectivity index is 1.35. The number of nitrogens with zero attached hydrogens (tertiary/aromatic N) is 1. The third-order valence-corrected chi connectivity index (χ3v) is 8.95. The predicted octanol–water partition coefficient (Wildman–Crippen LogP) is 10.8. The van der Waals surface area contributed by atoms with Crippen molar-refractivity contribution in [2.45, 2.75) is 0 Å². The Morgan fingerprint density at radius 3 is 1.62 bits per heavy atom. The van der Waals surface area contributed by atoms with Crippen molar-refractivity contribution in [1.29, 1.82) is 0 Å². The van der Waals surface area contributed by atoms with E-state index in [1.54, 1.807) is 0 Å². The second-order valence-corrected chi connectivity index (χ2v) is 11.0. The highest BCUT2D eigenvalue weighted by Crippen LogP contribution is 2.44. The van der Waals surface area contributed by atoms with E-state index in [-0.39, 0.29) is 0 Å². The molecule has 0 aliphatic rings. The molecular weight excluding hydrogens is 490 g/mol. The minimum Gasteiger partial charge on any atom is -0.256 e. The molecule has 1 nitrogen and oxygen atoms in total. The van der Waals surface area contributed by atoms with Gasteiger partial charge in [0.05, 0.1) is 5.69 Å². The van der Waals surface area contributed by atoms with Crippen LogP contribution in [0.1, 0.15) is 0 Å². The van der Waals surface area contributed by atoms with E-state index < -0.39 is 0 Å². The molecule has 0 amide bonds. The molecule has 0 N–H and O–H groups in total. The van der Waals surface area contributed by atoms with Gasteiger partial charge in [-0.05, 0) is 50.4 Å². The molecule has 6 aromatic carbocycles. The summed E-state index contributed by atoms with van der Waals surface area (Å²) in [5, 5.41) is 7.63. The van der Waals surface area contributed by atoms with E-state index in [0.29, 0.717) is 0 Å². The van der Waals surface area contributed by atoms with E-state index >= 15 is 0 Å². The first kappa shape index (κ1) is 22.2. The summed E-state index contributed by atoms with van der Waals surface area (Å²) in [6.45, 7) is 0. The van der Waals surface area contributed by atoms with Gasteiger partial charge in [0.25, 0.3) is 0 Å². The molecule has 0 unspecified atom stereocenters. The fraction of sp³-hybridized carbons (Fsp3) is 0. The van der Waals surface area contributed by atoms with Crippen LogP contribution in [-0.4, -0.2) is 4.98 Å². The molecule has 0 saturated heterocycles. The van der Waals surface area contributed by atoms with Crippen LogP contribution < -0.4 is 0 Å². The van der Waals surface area contributed by atoms with E-state index in [2.05, 4.69) is 140 Å². The quantitative estimate of drug-likeness (QED) is 0.214. The van der Waals surface area contributed by atoms with Crippen LogP contribution in [0.15, 0.2) is 140 Å². The second kappa shape index (κ2) is 8.90. The fourth-order valence-corrected chi connectivity index (χ4v) is 7.23. The minimum absolute atomic E-state index is 1.01. The maximum Gasteiger partial charge on any atom is 0.0716 e. The molecule has 0 radical (unpaired) electrons. The molecule has 0 fully saturated rings. The molecule has 0 aliphatic heterocycles. The number of thiophene rings is 1. The number of hydrogen-bond donors (Lipinski definition) is 0. The fourth-order valence-electron chi connectivity index (χ4n) is 6.01. The lowest BCUT2D eigenvalue weighted by Gasteiger charge is -2.17. The van der Waals surface area contributed by atoms with Crippen LogP contribution in [0.3, 0.4) is 0 Å². The first-order chi connectivity index (χ1) is 19.4. The summed E-state index contributed by atoms with van der Waals surface area (Å²) in [6.07, 6.45) is 2.05. The Labute approximate surface area is 230 Å². The molecule has 0 atom stereocenters. The van der Waals surface area contributed by atoms with Gasteiger partial charge >= 0.3 is 0 Å². The topological polar surface area (TPSA) is 12.9 Å². The van der Waals surface area contributed by atoms with Gasteiger partial charge in [0.1, 0.15) is 0 Å². The number of aromatic nitrogens is 1. The van der Waals surface area contributed by atoms with Crippen LogP contribution >= 0.6 is 11.3 Å². The van der Waals surface area contributed by atoms with Crippen molar-refractivity contribution >= 4 is 53.1 Å². The van der Waals surface area contributed by atoms with Gasteiger partial charge in [0, 0.05) is 37.5 Å². The molecule has 2 heteroatoms. The van der Waals surface area contributed by atoms with E-state index in [1.165, 1.54) is 64.0 Å². The SMILES string of the molecule is c1ccc(-c2c3ccccc3c(-c3ccc(-c4cccc5c4sc4ccccc45)nc3)c3ccccc23)cc1. The van der Waals surface area contributed by atoms with Gasteiger partial charge in [-0.25, -0.2) is 0 Å². The Kier molecular flexibility index (Phi) is 5.07. The molecule has 0 saturated carbocycles. The molecular formula is C37H23NS. The van der Waals surface area contributed by atoms with Crippen molar-refractivity contribution in [1.82, 2.24) is 4.98 Å². The van der Waals surface area contributed by atoms with E-state index in [4.69, 9.17) is 4.98 Å². The molecule has 0 aliphatic carbocycles. The standard InChI is InChI=1S/C37H23NS/c1-2-11-24(12-3-1)35-27-14-4-6-16-29(27)36(30-17-7-5-15-28(30)35)25-21-22-33(38-23-25)32-19-10-18-31-26-13-8-9-20-34(26)39-37(31)32/h1-23H. The van der Waals surface area contributed by atoms with E-state index in [1.807, 2.05) is 11.3 Å². The molecule has 39 heavy (non-hydrogen) atoms. The summed E-state index contributed by atoms with van der Waals surface area (Å²) >= 11 is 1.85. The van der Waals surface area contributed by atoms with E-state index in [9.17, 15) is 0 Å². The summed E-state index contributed by atoms with van der Waals surface area (Å²) in [4.78, 5) is 5.05. The molecule has 2 heterocycles. The molecule has 2 aromatic heterocycles. The Hall–Kier alpha value is -4.79. The van der Waals surface area contributed by atoms with Gasteiger partial charge in [0.2, 0.25) is 0 Å². The van der Waals surface area contributed by atoms with Crippen LogP contribution in [0.4, 0.5) is 0 Å². The van der Waals surface area contributed by atoms with Crippen molar-refractivity contribution < 1.29 is 0 Å². The average Bonchev–Trinajstić information content (AvgIpc) is 3.39. The number of benzene rings is 6. The van der Waals surface area contributed by atoms with Gasteiger partial charge < -0.3 is 0 Å². The summed E-state index contributed by atoms with van der Waals surface area (Å²) < 4.78 is 2.61. The van der Waals surface area contributed by atoms with Gasteiger partial charge in [-0.1, -0.05) is 121 Å². The van der Waals surface area contributed by atoms with Gasteiger partial charge in [-0.15, -0.1) is 11.3 Å². The van der Waals surface area contributed by atoms with Crippen LogP contribution in [0.25, 0.3) is 75.2 Å². The van der Waals surface area contributed by atoms with Crippen molar-refractivity contribution in [3.8, 4) is 33.5 Å². The van der Waals surface area contributed by atoms with Crippen LogP contribution in [-0.2, 0) is 0 Å². The largest absolute Gasteiger partial charge is 0.256 e. The highest BCUT2D eigenvalue weighted by Gasteiger charge is 2.17. The maximum atomic E-state index is 5.05. The lowest BCUT2D eigenvalue weighted by molar-refractivity contribution is 1.34. The van der Waals surface area contributed by atoms with E-state index in [0.717, 1.165) is 11.3 Å². The van der Waals surface area contributed by atoms with Crippen LogP contribution in [0.2, 0.25) is 0 Å². The smallest absolute Gasteiger partial charge is 0.0716 e. The molecule has 182 valence electrons.